The van der Waals surface area contributed by atoms with Crippen molar-refractivity contribution < 1.29 is 16.9 Å². The van der Waals surface area contributed by atoms with Gasteiger partial charge in [0.15, 0.2) is 4.98 Å². The van der Waals surface area contributed by atoms with E-state index in [2.05, 4.69) is 4.98 Å². The van der Waals surface area contributed by atoms with Crippen molar-refractivity contribution in [1.29, 1.82) is 5.39 Å². The maximum absolute atomic E-state index is 10.1. The Morgan fingerprint density at radius 1 is 1.31 bits per heavy atom. The molecule has 0 bridgehead atoms. The highest BCUT2D eigenvalue weighted by molar-refractivity contribution is 7.80. The third-order valence-electron chi connectivity index (χ3n) is 0.872. The molecule has 0 aromatic heterocycles. The second kappa shape index (κ2) is 5.18. The third-order valence-corrected chi connectivity index (χ3v) is 0.872. The minimum atomic E-state index is -5.42. The van der Waals surface area contributed by atoms with Crippen molar-refractivity contribution in [2.24, 2.45) is 0 Å². The summed E-state index contributed by atoms with van der Waals surface area (Å²) < 4.78 is 35.3. The summed E-state index contributed by atoms with van der Waals surface area (Å²) in [6, 6.07) is 8.94. The van der Waals surface area contributed by atoms with Crippen LogP contribution < -0.4 is 0 Å². The number of rotatable bonds is 0. The molecule has 0 aliphatic carbocycles. The van der Waals surface area contributed by atoms with E-state index in [9.17, 15) is 3.89 Å². The fraction of sp³-hybridized carbons (Fsp3) is 0. The first-order valence-corrected chi connectivity index (χ1v) is 4.30. The lowest BCUT2D eigenvalue weighted by molar-refractivity contribution is 0.417. The van der Waals surface area contributed by atoms with Gasteiger partial charge < -0.3 is 4.55 Å². The number of halogens is 1. The van der Waals surface area contributed by atoms with E-state index in [-0.39, 0.29) is 0 Å². The van der Waals surface area contributed by atoms with Crippen LogP contribution in [0, 0.1) is 5.39 Å². The molecular formula is C6H5FN2O3S. The molecule has 0 spiro atoms. The molecule has 0 saturated carbocycles. The van der Waals surface area contributed by atoms with Gasteiger partial charge in [0.05, 0.1) is 0 Å². The van der Waals surface area contributed by atoms with Crippen LogP contribution in [0.15, 0.2) is 30.3 Å². The average molecular weight is 204 g/mol. The zero-order chi connectivity index (χ0) is 10.3. The van der Waals surface area contributed by atoms with E-state index in [0.29, 0.717) is 5.69 Å². The Bertz CT molecular complexity index is 376. The molecule has 0 fully saturated rings. The molecular weight excluding hydrogens is 199 g/mol. The summed E-state index contributed by atoms with van der Waals surface area (Å²) >= 11 is 0. The van der Waals surface area contributed by atoms with Crippen LogP contribution in [0.4, 0.5) is 9.57 Å². The van der Waals surface area contributed by atoms with Crippen LogP contribution >= 0.6 is 0 Å². The molecule has 0 aliphatic heterocycles. The first-order valence-electron chi connectivity index (χ1n) is 2.99. The predicted octanol–water partition coefficient (Wildman–Crippen LogP) is 1.59. The zero-order valence-electron chi connectivity index (χ0n) is 6.29. The lowest BCUT2D eigenvalue weighted by Crippen LogP contribution is -1.81. The lowest BCUT2D eigenvalue weighted by atomic mass is 10.3. The van der Waals surface area contributed by atoms with Gasteiger partial charge in [-0.1, -0.05) is 18.2 Å². The van der Waals surface area contributed by atoms with Crippen LogP contribution in [0.1, 0.15) is 0 Å². The second-order valence-electron chi connectivity index (χ2n) is 1.83. The normalized spacial score (nSPS) is 9.31. The third kappa shape index (κ3) is 10.5. The van der Waals surface area contributed by atoms with Gasteiger partial charge in [-0.05, 0) is 0 Å². The SMILES string of the molecule is N#[N+]c1ccccc1.O=S(=O)([O-])F. The Morgan fingerprint density at radius 2 is 1.69 bits per heavy atom. The van der Waals surface area contributed by atoms with E-state index < -0.39 is 10.5 Å². The van der Waals surface area contributed by atoms with Gasteiger partial charge in [0.25, 0.3) is 10.5 Å². The lowest BCUT2D eigenvalue weighted by Gasteiger charge is -1.84. The molecule has 0 heterocycles. The predicted molar refractivity (Wildman–Crippen MR) is 42.0 cm³/mol. The van der Waals surface area contributed by atoms with Crippen LogP contribution in [0.25, 0.3) is 4.98 Å². The Hall–Kier alpha value is -1.52. The molecule has 70 valence electrons. The van der Waals surface area contributed by atoms with Crippen molar-refractivity contribution >= 4 is 16.2 Å². The molecule has 1 aromatic rings. The number of benzene rings is 1. The van der Waals surface area contributed by atoms with Gasteiger partial charge in [-0.15, -0.1) is 3.89 Å². The fourth-order valence-corrected chi connectivity index (χ4v) is 0.495. The van der Waals surface area contributed by atoms with Crippen LogP contribution in [-0.2, 0) is 10.5 Å². The van der Waals surface area contributed by atoms with E-state index >= 15 is 0 Å². The summed E-state index contributed by atoms with van der Waals surface area (Å²) in [4.78, 5) is 2.97. The van der Waals surface area contributed by atoms with Gasteiger partial charge in [-0.25, -0.2) is 8.42 Å². The smallest absolute Gasteiger partial charge is 0.385 e. The molecule has 7 heteroatoms. The highest BCUT2D eigenvalue weighted by Gasteiger charge is 1.95. The monoisotopic (exact) mass is 204 g/mol. The number of hydrogen-bond acceptors (Lipinski definition) is 4. The first kappa shape index (κ1) is 11.5. The van der Waals surface area contributed by atoms with Crippen molar-refractivity contribution in [1.82, 2.24) is 0 Å². The van der Waals surface area contributed by atoms with Gasteiger partial charge in [0.2, 0.25) is 5.39 Å². The van der Waals surface area contributed by atoms with Crippen LogP contribution in [0.3, 0.4) is 0 Å². The van der Waals surface area contributed by atoms with E-state index in [0.717, 1.165) is 0 Å². The molecule has 0 radical (unpaired) electrons. The highest BCUT2D eigenvalue weighted by Crippen LogP contribution is 2.07. The van der Waals surface area contributed by atoms with Crippen LogP contribution in [0.5, 0.6) is 0 Å². The Kier molecular flexibility index (Phi) is 4.58. The minimum absolute atomic E-state index is 0.590. The number of diazo groups is 1. The van der Waals surface area contributed by atoms with Crippen molar-refractivity contribution in [2.45, 2.75) is 0 Å². The average Bonchev–Trinajstić information content (AvgIpc) is 2.03. The molecule has 5 nitrogen and oxygen atoms in total. The molecule has 1 aromatic carbocycles. The van der Waals surface area contributed by atoms with Crippen molar-refractivity contribution in [2.75, 3.05) is 0 Å². The van der Waals surface area contributed by atoms with Crippen LogP contribution in [0.2, 0.25) is 0 Å². The highest BCUT2D eigenvalue weighted by atomic mass is 32.3. The van der Waals surface area contributed by atoms with Crippen molar-refractivity contribution in [3.63, 3.8) is 0 Å². The summed E-state index contributed by atoms with van der Waals surface area (Å²) in [6.45, 7) is 0. The molecule has 0 N–H and O–H groups in total. The molecule has 0 unspecified atom stereocenters. The first-order chi connectivity index (χ1) is 5.93. The van der Waals surface area contributed by atoms with Crippen LogP contribution in [-0.4, -0.2) is 13.0 Å². The van der Waals surface area contributed by atoms with Gasteiger partial charge in [0, 0.05) is 12.1 Å². The molecule has 0 atom stereocenters. The van der Waals surface area contributed by atoms with Gasteiger partial charge in [-0.3, -0.25) is 0 Å². The largest absolute Gasteiger partial charge is 0.722 e. The Labute approximate surface area is 74.5 Å². The summed E-state index contributed by atoms with van der Waals surface area (Å²) in [5.74, 6) is 0. The number of nitrogens with zero attached hydrogens (tertiary/aromatic N) is 2. The van der Waals surface area contributed by atoms with E-state index in [1.807, 2.05) is 18.2 Å². The Balaban J connectivity index is 0.000000252. The summed E-state index contributed by atoms with van der Waals surface area (Å²) in [5, 5.41) is 8.16. The van der Waals surface area contributed by atoms with Crippen molar-refractivity contribution in [3.05, 3.63) is 35.3 Å². The maximum atomic E-state index is 10.1. The molecule has 0 amide bonds. The minimum Gasteiger partial charge on any atom is -0.722 e. The van der Waals surface area contributed by atoms with Gasteiger partial charge in [-0.2, -0.15) is 0 Å². The van der Waals surface area contributed by atoms with Gasteiger partial charge >= 0.3 is 5.69 Å². The second-order valence-corrected chi connectivity index (χ2v) is 2.61. The summed E-state index contributed by atoms with van der Waals surface area (Å²) in [6.07, 6.45) is 0. The maximum Gasteiger partial charge on any atom is 0.385 e. The fourth-order valence-electron chi connectivity index (χ4n) is 0.495. The van der Waals surface area contributed by atoms with E-state index in [1.54, 1.807) is 12.1 Å². The molecule has 0 aliphatic rings. The molecule has 13 heavy (non-hydrogen) atoms. The van der Waals surface area contributed by atoms with Gasteiger partial charge in [0.1, 0.15) is 0 Å². The standard InChI is InChI=1S/C6H5N2.FHO3S/c7-8-6-4-2-1-3-5-6;1-5(2,3)4/h1-5H;(H,2,3,4)/q+1;/p-1. The summed E-state index contributed by atoms with van der Waals surface area (Å²) in [5.41, 5.74) is 0.590. The quantitative estimate of drug-likeness (QED) is 0.365. The molecule has 0 saturated heterocycles. The van der Waals surface area contributed by atoms with E-state index in [1.165, 1.54) is 0 Å². The number of hydrogen-bond donors (Lipinski definition) is 0. The van der Waals surface area contributed by atoms with E-state index in [4.69, 9.17) is 18.4 Å². The Morgan fingerprint density at radius 3 is 1.92 bits per heavy atom. The molecule has 1 rings (SSSR count). The summed E-state index contributed by atoms with van der Waals surface area (Å²) in [7, 11) is -5.42. The van der Waals surface area contributed by atoms with Crippen molar-refractivity contribution in [3.8, 4) is 0 Å². The topological polar surface area (TPSA) is 85.3 Å². The zero-order valence-corrected chi connectivity index (χ0v) is 7.11.